The van der Waals surface area contributed by atoms with Crippen molar-refractivity contribution in [2.75, 3.05) is 11.6 Å². The molecule has 1 aromatic rings. The Balaban J connectivity index is 2.90. The molecule has 1 aromatic carbocycles. The van der Waals surface area contributed by atoms with Gasteiger partial charge in [0.2, 0.25) is 0 Å². The van der Waals surface area contributed by atoms with Crippen LogP contribution in [-0.2, 0) is 0 Å². The van der Waals surface area contributed by atoms with Crippen molar-refractivity contribution in [1.29, 1.82) is 0 Å². The summed E-state index contributed by atoms with van der Waals surface area (Å²) in [4.78, 5) is 11.4. The second-order valence-electron chi connectivity index (χ2n) is 2.60. The molecule has 0 heterocycles. The number of nitrogen functional groups attached to an aromatic ring is 1. The maximum atomic E-state index is 11.4. The van der Waals surface area contributed by atoms with Gasteiger partial charge in [0.1, 0.15) is 0 Å². The van der Waals surface area contributed by atoms with E-state index < -0.39 is 0 Å². The molecule has 70 valence electrons. The molecule has 0 atom stereocenters. The predicted octanol–water partition coefficient (Wildman–Crippen LogP) is 2.69. The molecule has 0 aromatic heterocycles. The van der Waals surface area contributed by atoms with Gasteiger partial charge in [-0.1, -0.05) is 6.07 Å². The van der Waals surface area contributed by atoms with E-state index in [1.807, 2.05) is 6.07 Å². The summed E-state index contributed by atoms with van der Waals surface area (Å²) in [5.74, 6) is 0.392. The van der Waals surface area contributed by atoms with Gasteiger partial charge < -0.3 is 5.73 Å². The van der Waals surface area contributed by atoms with Gasteiger partial charge in [0.15, 0.2) is 5.78 Å². The van der Waals surface area contributed by atoms with E-state index in [9.17, 15) is 4.79 Å². The molecular weight excluding hydrogens is 300 g/mol. The molecule has 4 heteroatoms. The van der Waals surface area contributed by atoms with Gasteiger partial charge >= 0.3 is 0 Å². The van der Waals surface area contributed by atoms with Gasteiger partial charge in [-0.3, -0.25) is 4.79 Å². The fourth-order valence-electron chi connectivity index (χ4n) is 0.947. The van der Waals surface area contributed by atoms with Gasteiger partial charge in [-0.15, -0.1) is 11.6 Å². The van der Waals surface area contributed by atoms with Gasteiger partial charge in [0.05, 0.1) is 0 Å². The van der Waals surface area contributed by atoms with Crippen molar-refractivity contribution < 1.29 is 4.79 Å². The van der Waals surface area contributed by atoms with Gasteiger partial charge in [-0.2, -0.15) is 0 Å². The summed E-state index contributed by atoms with van der Waals surface area (Å²) < 4.78 is 0.958. The van der Waals surface area contributed by atoms with Crippen molar-refractivity contribution in [3.63, 3.8) is 0 Å². The Morgan fingerprint density at radius 3 is 2.77 bits per heavy atom. The van der Waals surface area contributed by atoms with Crippen LogP contribution in [0.2, 0.25) is 0 Å². The zero-order valence-corrected chi connectivity index (χ0v) is 9.80. The van der Waals surface area contributed by atoms with Gasteiger partial charge in [-0.05, 0) is 34.7 Å². The number of ketones is 1. The van der Waals surface area contributed by atoms with E-state index in [4.69, 9.17) is 17.3 Å². The average molecular weight is 310 g/mol. The highest BCUT2D eigenvalue weighted by molar-refractivity contribution is 14.1. The zero-order chi connectivity index (χ0) is 9.84. The number of hydrogen-bond acceptors (Lipinski definition) is 2. The lowest BCUT2D eigenvalue weighted by molar-refractivity contribution is 0.0989. The molecule has 0 amide bonds. The van der Waals surface area contributed by atoms with E-state index in [1.165, 1.54) is 0 Å². The molecule has 1 rings (SSSR count). The Morgan fingerprint density at radius 1 is 1.54 bits per heavy atom. The molecule has 0 saturated heterocycles. The number of benzene rings is 1. The first kappa shape index (κ1) is 10.8. The van der Waals surface area contributed by atoms with E-state index in [-0.39, 0.29) is 5.78 Å². The van der Waals surface area contributed by atoms with Crippen LogP contribution in [0, 0.1) is 3.57 Å². The first-order valence-electron chi connectivity index (χ1n) is 3.79. The Kier molecular flexibility index (Phi) is 3.99. The highest BCUT2D eigenvalue weighted by Gasteiger charge is 2.06. The van der Waals surface area contributed by atoms with Gasteiger partial charge in [-0.25, -0.2) is 0 Å². The Hall–Kier alpha value is -0.290. The minimum Gasteiger partial charge on any atom is -0.398 e. The normalized spacial score (nSPS) is 10.0. The second-order valence-corrected chi connectivity index (χ2v) is 4.14. The third-order valence-electron chi connectivity index (χ3n) is 1.64. The molecule has 0 saturated carbocycles. The van der Waals surface area contributed by atoms with Crippen LogP contribution in [0.5, 0.6) is 0 Å². The summed E-state index contributed by atoms with van der Waals surface area (Å²) in [5, 5.41) is 0. The molecular formula is C9H9ClINO. The monoisotopic (exact) mass is 309 g/mol. The van der Waals surface area contributed by atoms with Gasteiger partial charge in [0, 0.05) is 27.1 Å². The van der Waals surface area contributed by atoms with Crippen LogP contribution < -0.4 is 5.73 Å². The molecule has 0 bridgehead atoms. The minimum absolute atomic E-state index is 0.0399. The molecule has 0 aliphatic heterocycles. The van der Waals surface area contributed by atoms with Crippen LogP contribution in [-0.4, -0.2) is 11.7 Å². The van der Waals surface area contributed by atoms with E-state index in [0.29, 0.717) is 23.6 Å². The fourth-order valence-corrected chi connectivity index (χ4v) is 1.45. The molecule has 0 spiro atoms. The van der Waals surface area contributed by atoms with E-state index in [1.54, 1.807) is 12.1 Å². The maximum absolute atomic E-state index is 11.4. The zero-order valence-electron chi connectivity index (χ0n) is 6.89. The molecule has 0 aliphatic rings. The topological polar surface area (TPSA) is 43.1 Å². The number of nitrogens with two attached hydrogens (primary N) is 1. The molecule has 2 nitrogen and oxygen atoms in total. The summed E-state index contributed by atoms with van der Waals surface area (Å²) >= 11 is 7.59. The highest BCUT2D eigenvalue weighted by Crippen LogP contribution is 2.17. The van der Waals surface area contributed by atoms with Crippen molar-refractivity contribution >= 4 is 45.7 Å². The van der Waals surface area contributed by atoms with Crippen molar-refractivity contribution in [1.82, 2.24) is 0 Å². The van der Waals surface area contributed by atoms with Crippen LogP contribution in [0.25, 0.3) is 0 Å². The van der Waals surface area contributed by atoms with Crippen molar-refractivity contribution in [3.05, 3.63) is 27.3 Å². The Bertz CT molecular complexity index is 327. The molecule has 0 radical (unpaired) electrons. The van der Waals surface area contributed by atoms with Gasteiger partial charge in [0.25, 0.3) is 0 Å². The summed E-state index contributed by atoms with van der Waals surface area (Å²) in [7, 11) is 0. The summed E-state index contributed by atoms with van der Waals surface area (Å²) in [6, 6.07) is 5.29. The number of carbonyl (C=O) groups is 1. The molecule has 0 unspecified atom stereocenters. The quantitative estimate of drug-likeness (QED) is 0.404. The Labute approximate surface area is 95.6 Å². The lowest BCUT2D eigenvalue weighted by Crippen LogP contribution is -2.01. The van der Waals surface area contributed by atoms with E-state index in [2.05, 4.69) is 22.6 Å². The predicted molar refractivity (Wildman–Crippen MR) is 63.2 cm³/mol. The Morgan fingerprint density at radius 2 is 2.23 bits per heavy atom. The standard InChI is InChI=1S/C9H9ClINO/c10-4-3-9(13)6-1-2-7(11)8(12)5-6/h1-2,5H,3-4,12H2. The maximum Gasteiger partial charge on any atom is 0.164 e. The van der Waals surface area contributed by atoms with Crippen LogP contribution >= 0.6 is 34.2 Å². The fraction of sp³-hybridized carbons (Fsp3) is 0.222. The highest BCUT2D eigenvalue weighted by atomic mass is 127. The van der Waals surface area contributed by atoms with E-state index >= 15 is 0 Å². The molecule has 0 aliphatic carbocycles. The molecule has 0 fully saturated rings. The SMILES string of the molecule is Nc1cc(C(=O)CCCl)ccc1I. The van der Waals surface area contributed by atoms with Crippen LogP contribution in [0.1, 0.15) is 16.8 Å². The lowest BCUT2D eigenvalue weighted by Gasteiger charge is -2.01. The summed E-state index contributed by atoms with van der Waals surface area (Å²) in [6.07, 6.45) is 0.363. The van der Waals surface area contributed by atoms with Crippen LogP contribution in [0.15, 0.2) is 18.2 Å². The third kappa shape index (κ3) is 2.84. The first-order chi connectivity index (χ1) is 6.15. The second kappa shape index (κ2) is 4.81. The number of carbonyl (C=O) groups excluding carboxylic acids is 1. The number of alkyl halides is 1. The number of hydrogen-bond donors (Lipinski definition) is 1. The number of anilines is 1. The largest absolute Gasteiger partial charge is 0.398 e. The van der Waals surface area contributed by atoms with Crippen molar-refractivity contribution in [2.24, 2.45) is 0 Å². The van der Waals surface area contributed by atoms with Crippen molar-refractivity contribution in [2.45, 2.75) is 6.42 Å². The van der Waals surface area contributed by atoms with Crippen LogP contribution in [0.3, 0.4) is 0 Å². The molecule has 2 N–H and O–H groups in total. The number of halogens is 2. The lowest BCUT2D eigenvalue weighted by atomic mass is 10.1. The molecule has 13 heavy (non-hydrogen) atoms. The minimum atomic E-state index is 0.0399. The third-order valence-corrected chi connectivity index (χ3v) is 2.81. The first-order valence-corrected chi connectivity index (χ1v) is 5.40. The number of rotatable bonds is 3. The van der Waals surface area contributed by atoms with Crippen LogP contribution in [0.4, 0.5) is 5.69 Å². The number of Topliss-reactive ketones (excluding diaryl/α,β-unsaturated/α-hetero) is 1. The van der Waals surface area contributed by atoms with Crippen molar-refractivity contribution in [3.8, 4) is 0 Å². The van der Waals surface area contributed by atoms with E-state index in [0.717, 1.165) is 3.57 Å². The smallest absolute Gasteiger partial charge is 0.164 e. The average Bonchev–Trinajstić information content (AvgIpc) is 2.10. The summed E-state index contributed by atoms with van der Waals surface area (Å²) in [5.41, 5.74) is 6.94. The summed E-state index contributed by atoms with van der Waals surface area (Å²) in [6.45, 7) is 0.